The Bertz CT molecular complexity index is 1110. The number of rotatable bonds is 4. The lowest BCUT2D eigenvalue weighted by molar-refractivity contribution is -0.131. The molecule has 0 aliphatic carbocycles. The molecule has 2 aliphatic heterocycles. The summed E-state index contributed by atoms with van der Waals surface area (Å²) < 4.78 is 25.9. The molecule has 0 saturated heterocycles. The summed E-state index contributed by atoms with van der Waals surface area (Å²) in [4.78, 5) is 13.1. The molecule has 2 atom stereocenters. The fraction of sp³-hybridized carbons (Fsp3) is 0.364. The van der Waals surface area contributed by atoms with Crippen molar-refractivity contribution in [1.82, 2.24) is 5.48 Å². The summed E-state index contributed by atoms with van der Waals surface area (Å²) in [7, 11) is 0. The van der Waals surface area contributed by atoms with Gasteiger partial charge in [0.05, 0.1) is 0 Å². The molecule has 4 rings (SSSR count). The molecule has 2 heterocycles. The number of hydrogen-bond acceptors (Lipinski definition) is 6. The maximum absolute atomic E-state index is 13.1. The van der Waals surface area contributed by atoms with Crippen LogP contribution < -0.4 is 15.5 Å². The van der Waals surface area contributed by atoms with E-state index >= 15 is 0 Å². The van der Waals surface area contributed by atoms with E-state index in [2.05, 4.69) is 19.5 Å². The van der Waals surface area contributed by atoms with Gasteiger partial charge in [-0.25, -0.2) is 9.69 Å². The number of ether oxygens (including phenoxy) is 1. The molecule has 0 aromatic heterocycles. The summed E-state index contributed by atoms with van der Waals surface area (Å²) in [6, 6.07) is 7.33. The van der Waals surface area contributed by atoms with Crippen molar-refractivity contribution in [2.24, 2.45) is 4.40 Å². The number of phenolic OH excluding ortho intramolecular Hbond substituents is 1. The lowest BCUT2D eigenvalue weighted by atomic mass is 9.86. The first kappa shape index (κ1) is 21.3. The Hall–Kier alpha value is -2.91. The smallest absolute Gasteiger partial charge is 0.309 e. The third-order valence-corrected chi connectivity index (χ3v) is 6.59. The Balaban J connectivity index is 1.48. The van der Waals surface area contributed by atoms with Crippen molar-refractivity contribution in [2.45, 2.75) is 52.6 Å². The van der Waals surface area contributed by atoms with Crippen LogP contribution in [0.3, 0.4) is 0 Å². The van der Waals surface area contributed by atoms with Gasteiger partial charge in [-0.05, 0) is 68.5 Å². The van der Waals surface area contributed by atoms with Gasteiger partial charge >= 0.3 is 11.3 Å². The minimum Gasteiger partial charge on any atom is -0.507 e. The molecule has 2 aromatic carbocycles. The van der Waals surface area contributed by atoms with Gasteiger partial charge in [0.2, 0.25) is 0 Å². The Labute approximate surface area is 183 Å². The van der Waals surface area contributed by atoms with Crippen molar-refractivity contribution in [1.29, 1.82) is 0 Å². The van der Waals surface area contributed by atoms with E-state index in [1.165, 1.54) is 0 Å². The molecule has 8 nitrogen and oxygen atoms in total. The highest BCUT2D eigenvalue weighted by molar-refractivity contribution is 7.79. The van der Waals surface area contributed by atoms with Gasteiger partial charge in [-0.1, -0.05) is 12.1 Å². The number of phenols is 1. The van der Waals surface area contributed by atoms with Crippen LogP contribution in [0, 0.1) is 20.8 Å². The number of nitrogens with zero attached hydrogens (tertiary/aromatic N) is 1. The molecule has 2 unspecified atom stereocenters. The average molecular weight is 444 g/mol. The third-order valence-electron chi connectivity index (χ3n) is 6.00. The zero-order valence-corrected chi connectivity index (χ0v) is 18.7. The third kappa shape index (κ3) is 4.03. The van der Waals surface area contributed by atoms with Crippen LogP contribution in [0.1, 0.15) is 41.2 Å². The van der Waals surface area contributed by atoms with Crippen molar-refractivity contribution in [3.8, 4) is 11.5 Å². The predicted octanol–water partition coefficient (Wildman–Crippen LogP) is 3.09. The molecule has 0 saturated carbocycles. The molecule has 0 spiro atoms. The molecule has 0 bridgehead atoms. The average Bonchev–Trinajstić information content (AvgIpc) is 3.16. The van der Waals surface area contributed by atoms with Gasteiger partial charge in [0.1, 0.15) is 17.3 Å². The molecule has 9 heteroatoms. The number of carbonyl (C=O) groups is 1. The summed E-state index contributed by atoms with van der Waals surface area (Å²) in [5, 5.41) is 13.3. The molecule has 164 valence electrons. The minimum atomic E-state index is -1.68. The summed E-state index contributed by atoms with van der Waals surface area (Å²) in [6.45, 7) is 7.43. The molecule has 2 aliphatic rings. The van der Waals surface area contributed by atoms with Crippen LogP contribution in [-0.4, -0.2) is 26.7 Å². The van der Waals surface area contributed by atoms with Gasteiger partial charge in [-0.2, -0.15) is 4.28 Å². The van der Waals surface area contributed by atoms with Crippen LogP contribution in [0.5, 0.6) is 11.5 Å². The van der Waals surface area contributed by atoms with Crippen molar-refractivity contribution in [3.63, 3.8) is 0 Å². The number of amides is 1. The highest BCUT2D eigenvalue weighted by Gasteiger charge is 2.40. The van der Waals surface area contributed by atoms with Crippen LogP contribution in [-0.2, 0) is 33.2 Å². The zero-order chi connectivity index (χ0) is 22.3. The second-order valence-corrected chi connectivity index (χ2v) is 8.92. The number of benzene rings is 2. The van der Waals surface area contributed by atoms with E-state index in [0.717, 1.165) is 27.8 Å². The van der Waals surface area contributed by atoms with E-state index in [1.807, 2.05) is 32.9 Å². The van der Waals surface area contributed by atoms with Crippen molar-refractivity contribution in [3.05, 3.63) is 52.1 Å². The van der Waals surface area contributed by atoms with Crippen LogP contribution >= 0.6 is 0 Å². The number of aromatic hydroxyl groups is 1. The molecule has 3 N–H and O–H groups in total. The Morgan fingerprint density at radius 2 is 1.94 bits per heavy atom. The first-order valence-electron chi connectivity index (χ1n) is 10.0. The van der Waals surface area contributed by atoms with Crippen LogP contribution in [0.25, 0.3) is 0 Å². The number of amidine groups is 1. The first-order valence-corrected chi connectivity index (χ1v) is 11.0. The lowest BCUT2D eigenvalue weighted by Gasteiger charge is -2.36. The number of carbonyl (C=O) groups excluding carboxylic acids is 1. The number of fused-ring (bicyclic) bond motifs is 1. The van der Waals surface area contributed by atoms with Gasteiger partial charge in [0.15, 0.2) is 5.60 Å². The highest BCUT2D eigenvalue weighted by Crippen LogP contribution is 2.43. The van der Waals surface area contributed by atoms with E-state index in [1.54, 1.807) is 19.1 Å². The summed E-state index contributed by atoms with van der Waals surface area (Å²) in [6.07, 6.45) is 1.61. The maximum Gasteiger partial charge on any atom is 0.309 e. The second-order valence-electron chi connectivity index (χ2n) is 8.13. The number of anilines is 1. The minimum absolute atomic E-state index is 0.223. The summed E-state index contributed by atoms with van der Waals surface area (Å²) >= 11 is -1.68. The topological polar surface area (TPSA) is 109 Å². The molecule has 2 aromatic rings. The number of nitrogens with one attached hydrogen (secondary N) is 2. The quantitative estimate of drug-likeness (QED) is 0.670. The lowest BCUT2D eigenvalue weighted by Crippen LogP contribution is -2.48. The molecule has 31 heavy (non-hydrogen) atoms. The number of hydrogen-bond donors (Lipinski definition) is 3. The molecular weight excluding hydrogens is 418 g/mol. The van der Waals surface area contributed by atoms with E-state index in [9.17, 15) is 14.1 Å². The Morgan fingerprint density at radius 3 is 2.58 bits per heavy atom. The van der Waals surface area contributed by atoms with Gasteiger partial charge in [-0.3, -0.25) is 4.79 Å². The number of hydroxylamine groups is 1. The van der Waals surface area contributed by atoms with E-state index in [4.69, 9.17) is 4.74 Å². The first-order chi connectivity index (χ1) is 14.7. The zero-order valence-electron chi connectivity index (χ0n) is 17.9. The Kier molecular flexibility index (Phi) is 5.49. The monoisotopic (exact) mass is 443 g/mol. The van der Waals surface area contributed by atoms with Gasteiger partial charge in [-0.15, -0.1) is 4.40 Å². The summed E-state index contributed by atoms with van der Waals surface area (Å²) in [5.74, 6) is 1.25. The van der Waals surface area contributed by atoms with Gasteiger partial charge in [0.25, 0.3) is 5.91 Å². The summed E-state index contributed by atoms with van der Waals surface area (Å²) in [5.41, 5.74) is 6.49. The van der Waals surface area contributed by atoms with Gasteiger partial charge in [0, 0.05) is 24.1 Å². The second kappa shape index (κ2) is 7.97. The van der Waals surface area contributed by atoms with Crippen molar-refractivity contribution >= 4 is 28.7 Å². The standard InChI is InChI=1S/C22H25N3O5S/c1-12-13(2)20-17(14(3)19(12)26)9-10-22(4,29-20)21(27)23-16-7-5-15(6-8-16)11-18-24-30-31(28)25-18/h5-8,26H,9-11H2,1-4H3,(H,23,27)(H,24,25). The molecule has 0 radical (unpaired) electrons. The van der Waals surface area contributed by atoms with E-state index in [-0.39, 0.29) is 5.91 Å². The molecule has 1 amide bonds. The van der Waals surface area contributed by atoms with Crippen LogP contribution in [0.15, 0.2) is 28.7 Å². The Morgan fingerprint density at radius 1 is 1.23 bits per heavy atom. The van der Waals surface area contributed by atoms with Gasteiger partial charge < -0.3 is 15.2 Å². The predicted molar refractivity (Wildman–Crippen MR) is 118 cm³/mol. The molecular formula is C22H25N3O5S. The largest absolute Gasteiger partial charge is 0.507 e. The fourth-order valence-corrected chi connectivity index (χ4v) is 4.34. The molecule has 0 fully saturated rings. The van der Waals surface area contributed by atoms with E-state index < -0.39 is 16.9 Å². The SMILES string of the molecule is Cc1c(C)c2c(c(C)c1O)CCC(C)(C(=O)Nc1ccc(CC3=NS(=O)ON3)cc1)O2. The van der Waals surface area contributed by atoms with Crippen LogP contribution in [0.2, 0.25) is 0 Å². The van der Waals surface area contributed by atoms with E-state index in [0.29, 0.717) is 42.3 Å². The normalized spacial score (nSPS) is 22.2. The van der Waals surface area contributed by atoms with Crippen molar-refractivity contribution < 1.29 is 23.1 Å². The highest BCUT2D eigenvalue weighted by atomic mass is 32.2. The van der Waals surface area contributed by atoms with Crippen LogP contribution in [0.4, 0.5) is 5.69 Å². The maximum atomic E-state index is 13.1. The van der Waals surface area contributed by atoms with Crippen molar-refractivity contribution in [2.75, 3.05) is 5.32 Å². The fourth-order valence-electron chi connectivity index (χ4n) is 3.85.